The SMILES string of the molecule is CCOC(=O)Cn1c2c(sc1=O)C(c1cccc(Br)c1)C1C(=O)N(c3ccc([N+](=O)[O-])cc3)C(=O)C1S2. The predicted octanol–water partition coefficient (Wildman–Crippen LogP) is 3.94. The first-order valence-corrected chi connectivity index (χ1v) is 13.6. The summed E-state index contributed by atoms with van der Waals surface area (Å²) in [4.78, 5) is 64.4. The second-order valence-corrected chi connectivity index (χ2v) is 11.3. The average Bonchev–Trinajstić information content (AvgIpc) is 3.30. The third kappa shape index (κ3) is 4.40. The van der Waals surface area contributed by atoms with Gasteiger partial charge in [0.2, 0.25) is 11.8 Å². The number of esters is 1. The van der Waals surface area contributed by atoms with Crippen molar-refractivity contribution in [3.63, 3.8) is 0 Å². The molecule has 37 heavy (non-hydrogen) atoms. The van der Waals surface area contributed by atoms with E-state index in [2.05, 4.69) is 15.9 Å². The van der Waals surface area contributed by atoms with Crippen LogP contribution < -0.4 is 9.77 Å². The molecule has 1 fully saturated rings. The number of imide groups is 1. The number of benzene rings is 2. The lowest BCUT2D eigenvalue weighted by Gasteiger charge is -2.30. The lowest BCUT2D eigenvalue weighted by atomic mass is 9.83. The summed E-state index contributed by atoms with van der Waals surface area (Å²) in [5, 5.41) is 10.7. The Bertz CT molecular complexity index is 1500. The topological polar surface area (TPSA) is 129 Å². The number of halogens is 1. The molecule has 0 N–H and O–H groups in total. The van der Waals surface area contributed by atoms with Gasteiger partial charge < -0.3 is 4.74 Å². The molecule has 3 unspecified atom stereocenters. The summed E-state index contributed by atoms with van der Waals surface area (Å²) >= 11 is 5.49. The Morgan fingerprint density at radius 2 is 1.86 bits per heavy atom. The summed E-state index contributed by atoms with van der Waals surface area (Å²) in [6, 6.07) is 12.5. The van der Waals surface area contributed by atoms with Crippen molar-refractivity contribution in [3.05, 3.63) is 83.2 Å². The van der Waals surface area contributed by atoms with Crippen molar-refractivity contribution in [1.82, 2.24) is 4.57 Å². The fourth-order valence-electron chi connectivity index (χ4n) is 4.63. The molecule has 0 radical (unpaired) electrons. The van der Waals surface area contributed by atoms with Gasteiger partial charge in [-0.15, -0.1) is 0 Å². The number of thiazole rings is 1. The zero-order valence-corrected chi connectivity index (χ0v) is 22.4. The van der Waals surface area contributed by atoms with Crippen LogP contribution in [-0.4, -0.2) is 39.1 Å². The fraction of sp³-hybridized carbons (Fsp3) is 0.250. The zero-order chi connectivity index (χ0) is 26.4. The Morgan fingerprint density at radius 1 is 1.14 bits per heavy atom. The van der Waals surface area contributed by atoms with Crippen molar-refractivity contribution in [2.45, 2.75) is 29.7 Å². The lowest BCUT2D eigenvalue weighted by Crippen LogP contribution is -2.32. The standard InChI is InChI=1S/C24H18BrN3O7S2/c1-2-35-16(29)11-26-23-20(37-24(26)32)17(12-4-3-5-13(25)10-12)18-19(36-23)22(31)27(21(18)30)14-6-8-15(9-7-14)28(33)34/h3-10,17-19H,2,11H2,1H3. The molecule has 0 bridgehead atoms. The molecule has 3 heterocycles. The van der Waals surface area contributed by atoms with Gasteiger partial charge in [-0.05, 0) is 36.8 Å². The number of amides is 2. The Hall–Kier alpha value is -3.29. The van der Waals surface area contributed by atoms with Crippen LogP contribution in [0.25, 0.3) is 0 Å². The molecular formula is C24H18BrN3O7S2. The van der Waals surface area contributed by atoms with Crippen LogP contribution >= 0.6 is 39.0 Å². The van der Waals surface area contributed by atoms with E-state index in [4.69, 9.17) is 4.74 Å². The van der Waals surface area contributed by atoms with E-state index in [1.807, 2.05) is 24.3 Å². The number of carbonyl (C=O) groups excluding carboxylic acids is 3. The van der Waals surface area contributed by atoms with Crippen LogP contribution in [0.15, 0.2) is 62.8 Å². The number of aromatic nitrogens is 1. The van der Waals surface area contributed by atoms with Crippen molar-refractivity contribution in [2.24, 2.45) is 5.92 Å². The van der Waals surface area contributed by atoms with E-state index in [-0.39, 0.29) is 29.4 Å². The van der Waals surface area contributed by atoms with E-state index >= 15 is 0 Å². The normalized spacial score (nSPS) is 20.5. The fourth-order valence-corrected chi connectivity index (χ4v) is 7.82. The van der Waals surface area contributed by atoms with Gasteiger partial charge >= 0.3 is 10.8 Å². The van der Waals surface area contributed by atoms with Crippen LogP contribution in [0.4, 0.5) is 11.4 Å². The molecule has 10 nitrogen and oxygen atoms in total. The molecular weight excluding hydrogens is 586 g/mol. The van der Waals surface area contributed by atoms with Gasteiger partial charge in [0, 0.05) is 27.4 Å². The van der Waals surface area contributed by atoms with Crippen LogP contribution in [0.1, 0.15) is 23.3 Å². The minimum Gasteiger partial charge on any atom is -0.465 e. The Balaban J connectivity index is 1.62. The third-order valence-corrected chi connectivity index (χ3v) is 9.27. The van der Waals surface area contributed by atoms with Crippen LogP contribution in [0.2, 0.25) is 0 Å². The molecule has 2 aromatic carbocycles. The highest BCUT2D eigenvalue weighted by molar-refractivity contribution is 9.10. The first kappa shape index (κ1) is 25.4. The van der Waals surface area contributed by atoms with E-state index in [1.165, 1.54) is 28.8 Å². The second-order valence-electron chi connectivity index (χ2n) is 8.31. The largest absolute Gasteiger partial charge is 0.465 e. The number of anilines is 1. The first-order valence-electron chi connectivity index (χ1n) is 11.1. The number of nitro benzene ring substituents is 1. The molecule has 5 rings (SSSR count). The Kier molecular flexibility index (Phi) is 6.77. The second kappa shape index (κ2) is 9.88. The van der Waals surface area contributed by atoms with Crippen molar-refractivity contribution in [1.29, 1.82) is 0 Å². The minimum absolute atomic E-state index is 0.160. The Morgan fingerprint density at radius 3 is 2.51 bits per heavy atom. The average molecular weight is 604 g/mol. The number of fused-ring (bicyclic) bond motifs is 2. The van der Waals surface area contributed by atoms with E-state index in [0.717, 1.165) is 38.0 Å². The van der Waals surface area contributed by atoms with E-state index in [0.29, 0.717) is 9.90 Å². The molecule has 3 atom stereocenters. The number of rotatable bonds is 6. The Labute approximate surface area is 226 Å². The summed E-state index contributed by atoms with van der Waals surface area (Å²) in [7, 11) is 0. The molecule has 0 aliphatic carbocycles. The maximum atomic E-state index is 13.8. The number of hydrogen-bond acceptors (Lipinski definition) is 9. The number of nitro groups is 1. The van der Waals surface area contributed by atoms with Gasteiger partial charge in [0.05, 0.1) is 28.2 Å². The maximum absolute atomic E-state index is 13.8. The van der Waals surface area contributed by atoms with Gasteiger partial charge in [-0.25, -0.2) is 4.90 Å². The molecule has 2 aliphatic heterocycles. The predicted molar refractivity (Wildman–Crippen MR) is 140 cm³/mol. The quantitative estimate of drug-likeness (QED) is 0.179. The van der Waals surface area contributed by atoms with E-state index < -0.39 is 39.8 Å². The number of ether oxygens (including phenoxy) is 1. The third-order valence-electron chi connectivity index (χ3n) is 6.17. The zero-order valence-electron chi connectivity index (χ0n) is 19.2. The summed E-state index contributed by atoms with van der Waals surface area (Å²) < 4.78 is 7.10. The molecule has 190 valence electrons. The molecule has 1 saturated heterocycles. The molecule has 3 aromatic rings. The first-order chi connectivity index (χ1) is 17.7. The van der Waals surface area contributed by atoms with Crippen molar-refractivity contribution in [3.8, 4) is 0 Å². The summed E-state index contributed by atoms with van der Waals surface area (Å²) in [5.74, 6) is -2.94. The van der Waals surface area contributed by atoms with Gasteiger partial charge in [-0.2, -0.15) is 0 Å². The number of thioether (sulfide) groups is 1. The summed E-state index contributed by atoms with van der Waals surface area (Å²) in [6.07, 6.45) is 0. The highest BCUT2D eigenvalue weighted by atomic mass is 79.9. The van der Waals surface area contributed by atoms with Crippen molar-refractivity contribution < 1.29 is 24.0 Å². The van der Waals surface area contributed by atoms with Gasteiger partial charge in [-0.1, -0.05) is 51.2 Å². The summed E-state index contributed by atoms with van der Waals surface area (Å²) in [6.45, 7) is 1.53. The molecule has 2 amide bonds. The van der Waals surface area contributed by atoms with E-state index in [9.17, 15) is 29.3 Å². The number of non-ortho nitro benzene ring substituents is 1. The van der Waals surface area contributed by atoms with Gasteiger partial charge in [0.1, 0.15) is 11.8 Å². The number of nitrogens with zero attached hydrogens (tertiary/aromatic N) is 3. The molecule has 0 saturated carbocycles. The highest BCUT2D eigenvalue weighted by Gasteiger charge is 2.56. The molecule has 0 spiro atoms. The molecule has 2 aliphatic rings. The maximum Gasteiger partial charge on any atom is 0.326 e. The van der Waals surface area contributed by atoms with Gasteiger partial charge in [0.25, 0.3) is 5.69 Å². The number of hydrogen-bond donors (Lipinski definition) is 0. The monoisotopic (exact) mass is 603 g/mol. The summed E-state index contributed by atoms with van der Waals surface area (Å²) in [5.41, 5.74) is 0.810. The van der Waals surface area contributed by atoms with Crippen molar-refractivity contribution >= 4 is 68.2 Å². The lowest BCUT2D eigenvalue weighted by molar-refractivity contribution is -0.384. The van der Waals surface area contributed by atoms with Crippen LogP contribution in [0, 0.1) is 16.0 Å². The molecule has 1 aromatic heterocycles. The van der Waals surface area contributed by atoms with Crippen LogP contribution in [0.5, 0.6) is 0 Å². The van der Waals surface area contributed by atoms with Gasteiger partial charge in [0.15, 0.2) is 0 Å². The van der Waals surface area contributed by atoms with Gasteiger partial charge in [-0.3, -0.25) is 33.9 Å². The smallest absolute Gasteiger partial charge is 0.326 e. The van der Waals surface area contributed by atoms with Crippen LogP contribution in [0.3, 0.4) is 0 Å². The van der Waals surface area contributed by atoms with Crippen molar-refractivity contribution in [2.75, 3.05) is 11.5 Å². The number of carbonyl (C=O) groups is 3. The van der Waals surface area contributed by atoms with Crippen LogP contribution in [-0.2, 0) is 25.7 Å². The van der Waals surface area contributed by atoms with E-state index in [1.54, 1.807) is 6.92 Å². The molecule has 13 heteroatoms. The highest BCUT2D eigenvalue weighted by Crippen LogP contribution is 2.54. The minimum atomic E-state index is -0.860.